The van der Waals surface area contributed by atoms with Crippen molar-refractivity contribution in [1.82, 2.24) is 20.1 Å². The number of nitrogens with zero attached hydrogens (tertiary/aromatic N) is 3. The summed E-state index contributed by atoms with van der Waals surface area (Å²) in [5, 5.41) is 14.0. The summed E-state index contributed by atoms with van der Waals surface area (Å²) < 4.78 is 46.8. The smallest absolute Gasteiger partial charge is 0.418 e. The average Bonchev–Trinajstić information content (AvgIpc) is 3.32. The number of carbonyl (C=O) groups excluding carboxylic acids is 2. The van der Waals surface area contributed by atoms with Crippen LogP contribution in [-0.4, -0.2) is 38.9 Å². The molecule has 0 aliphatic heterocycles. The van der Waals surface area contributed by atoms with Gasteiger partial charge in [-0.05, 0) is 42.5 Å². The zero-order valence-electron chi connectivity index (χ0n) is 20.1. The number of halogens is 4. The Hall–Kier alpha value is -4.03. The molecule has 0 aliphatic rings. The molecule has 1 heterocycles. The second-order valence-electron chi connectivity index (χ2n) is 7.97. The number of thioether (sulfide) groups is 1. The maximum Gasteiger partial charge on any atom is 0.418 e. The molecule has 0 aliphatic carbocycles. The summed E-state index contributed by atoms with van der Waals surface area (Å²) in [5.74, 6) is -0.413. The Labute approximate surface area is 230 Å². The van der Waals surface area contributed by atoms with Gasteiger partial charge in [-0.25, -0.2) is 0 Å². The van der Waals surface area contributed by atoms with E-state index in [-0.39, 0.29) is 29.7 Å². The maximum absolute atomic E-state index is 13.3. The summed E-state index contributed by atoms with van der Waals surface area (Å²) in [6.45, 7) is -0.224. The molecule has 39 heavy (non-hydrogen) atoms. The SMILES string of the molecule is O=C(COc1ccccc1)NCc1nnc(SCC(=O)Nc2ccccc2C(F)(F)F)n1-c1cccc(Cl)c1. The number of hydrogen-bond donors (Lipinski definition) is 2. The van der Waals surface area contributed by atoms with Gasteiger partial charge in [0, 0.05) is 5.02 Å². The Morgan fingerprint density at radius 3 is 2.44 bits per heavy atom. The number of nitrogens with one attached hydrogen (secondary N) is 2. The fourth-order valence-electron chi connectivity index (χ4n) is 3.43. The van der Waals surface area contributed by atoms with Crippen molar-refractivity contribution in [3.8, 4) is 11.4 Å². The van der Waals surface area contributed by atoms with E-state index in [1.807, 2.05) is 6.07 Å². The third-order valence-corrected chi connectivity index (χ3v) is 6.33. The van der Waals surface area contributed by atoms with E-state index in [0.717, 1.165) is 17.8 Å². The predicted molar refractivity (Wildman–Crippen MR) is 141 cm³/mol. The molecule has 0 fully saturated rings. The number of benzene rings is 3. The molecular formula is C26H21ClF3N5O3S. The fraction of sp³-hybridized carbons (Fsp3) is 0.154. The Balaban J connectivity index is 1.45. The highest BCUT2D eigenvalue weighted by Gasteiger charge is 2.33. The zero-order chi connectivity index (χ0) is 27.8. The Morgan fingerprint density at radius 1 is 0.949 bits per heavy atom. The van der Waals surface area contributed by atoms with E-state index in [0.29, 0.717) is 22.3 Å². The minimum Gasteiger partial charge on any atom is -0.484 e. The van der Waals surface area contributed by atoms with Gasteiger partial charge in [-0.1, -0.05) is 59.8 Å². The van der Waals surface area contributed by atoms with E-state index >= 15 is 0 Å². The van der Waals surface area contributed by atoms with Gasteiger partial charge < -0.3 is 15.4 Å². The van der Waals surface area contributed by atoms with Crippen LogP contribution in [0.15, 0.2) is 84.0 Å². The molecule has 1 aromatic heterocycles. The van der Waals surface area contributed by atoms with Gasteiger partial charge >= 0.3 is 6.18 Å². The number of alkyl halides is 3. The lowest BCUT2D eigenvalue weighted by molar-refractivity contribution is -0.137. The fourth-order valence-corrected chi connectivity index (χ4v) is 4.39. The Kier molecular flexibility index (Phi) is 9.10. The van der Waals surface area contributed by atoms with Gasteiger partial charge in [0.25, 0.3) is 5.91 Å². The molecule has 2 amide bonds. The average molecular weight is 576 g/mol. The zero-order valence-corrected chi connectivity index (χ0v) is 21.7. The van der Waals surface area contributed by atoms with E-state index < -0.39 is 23.6 Å². The first-order chi connectivity index (χ1) is 18.7. The van der Waals surface area contributed by atoms with E-state index in [9.17, 15) is 22.8 Å². The topological polar surface area (TPSA) is 98.1 Å². The monoisotopic (exact) mass is 575 g/mol. The van der Waals surface area contributed by atoms with Crippen LogP contribution in [0.25, 0.3) is 5.69 Å². The molecule has 0 unspecified atom stereocenters. The molecular weight excluding hydrogens is 555 g/mol. The third-order valence-electron chi connectivity index (χ3n) is 5.16. The molecule has 13 heteroatoms. The van der Waals surface area contributed by atoms with Crippen molar-refractivity contribution in [2.75, 3.05) is 17.7 Å². The van der Waals surface area contributed by atoms with Crippen LogP contribution in [0.3, 0.4) is 0 Å². The minimum absolute atomic E-state index is 0.0117. The van der Waals surface area contributed by atoms with Gasteiger partial charge in [0.15, 0.2) is 17.6 Å². The van der Waals surface area contributed by atoms with Crippen LogP contribution < -0.4 is 15.4 Å². The predicted octanol–water partition coefficient (Wildman–Crippen LogP) is 5.37. The number of hydrogen-bond acceptors (Lipinski definition) is 6. The maximum atomic E-state index is 13.3. The van der Waals surface area contributed by atoms with Crippen LogP contribution in [0.1, 0.15) is 11.4 Å². The van der Waals surface area contributed by atoms with E-state index in [1.165, 1.54) is 18.2 Å². The van der Waals surface area contributed by atoms with Crippen LogP contribution >= 0.6 is 23.4 Å². The van der Waals surface area contributed by atoms with Gasteiger partial charge in [-0.2, -0.15) is 13.2 Å². The standard InChI is InChI=1S/C26H21ClF3N5O3S/c27-17-7-6-8-18(13-17)35-22(14-31-23(36)15-38-19-9-2-1-3-10-19)33-34-25(35)39-16-24(37)32-21-12-5-4-11-20(21)26(28,29)30/h1-13H,14-16H2,(H,31,36)(H,32,37). The highest BCUT2D eigenvalue weighted by Crippen LogP contribution is 2.34. The molecule has 0 spiro atoms. The molecule has 4 rings (SSSR count). The summed E-state index contributed by atoms with van der Waals surface area (Å²) in [6, 6.07) is 20.4. The number of anilines is 1. The Bertz CT molecular complexity index is 1450. The molecule has 4 aromatic rings. The first-order valence-electron chi connectivity index (χ1n) is 11.4. The minimum atomic E-state index is -4.62. The highest BCUT2D eigenvalue weighted by molar-refractivity contribution is 7.99. The molecule has 3 aromatic carbocycles. The Morgan fingerprint density at radius 2 is 1.69 bits per heavy atom. The number of rotatable bonds is 10. The lowest BCUT2D eigenvalue weighted by Crippen LogP contribution is -2.29. The van der Waals surface area contributed by atoms with Crippen LogP contribution in [0.2, 0.25) is 5.02 Å². The number of ether oxygens (including phenoxy) is 1. The second-order valence-corrected chi connectivity index (χ2v) is 9.35. The largest absolute Gasteiger partial charge is 0.484 e. The second kappa shape index (κ2) is 12.7. The van der Waals surface area contributed by atoms with Crippen LogP contribution in [-0.2, 0) is 22.3 Å². The molecule has 202 valence electrons. The first-order valence-corrected chi connectivity index (χ1v) is 12.8. The lowest BCUT2D eigenvalue weighted by Gasteiger charge is -2.14. The lowest BCUT2D eigenvalue weighted by atomic mass is 10.1. The number of para-hydroxylation sites is 2. The molecule has 0 radical (unpaired) electrons. The molecule has 0 atom stereocenters. The van der Waals surface area contributed by atoms with Gasteiger partial charge in [0.2, 0.25) is 5.91 Å². The van der Waals surface area contributed by atoms with E-state index in [4.69, 9.17) is 16.3 Å². The van der Waals surface area contributed by atoms with Gasteiger partial charge in [0.1, 0.15) is 5.75 Å². The normalized spacial score (nSPS) is 11.2. The van der Waals surface area contributed by atoms with Crippen molar-refractivity contribution >= 4 is 40.9 Å². The number of aromatic nitrogens is 3. The molecule has 0 saturated heterocycles. The van der Waals surface area contributed by atoms with Crippen molar-refractivity contribution in [1.29, 1.82) is 0 Å². The summed E-state index contributed by atoms with van der Waals surface area (Å²) >= 11 is 7.13. The van der Waals surface area contributed by atoms with E-state index in [1.54, 1.807) is 53.1 Å². The summed E-state index contributed by atoms with van der Waals surface area (Å²) in [7, 11) is 0. The van der Waals surface area contributed by atoms with Crippen molar-refractivity contribution in [3.63, 3.8) is 0 Å². The van der Waals surface area contributed by atoms with E-state index in [2.05, 4.69) is 20.8 Å². The van der Waals surface area contributed by atoms with Crippen molar-refractivity contribution < 1.29 is 27.5 Å². The highest BCUT2D eigenvalue weighted by atomic mass is 35.5. The number of carbonyl (C=O) groups is 2. The van der Waals surface area contributed by atoms with Gasteiger partial charge in [-0.3, -0.25) is 14.2 Å². The van der Waals surface area contributed by atoms with Crippen molar-refractivity contribution in [2.24, 2.45) is 0 Å². The molecule has 8 nitrogen and oxygen atoms in total. The van der Waals surface area contributed by atoms with Crippen LogP contribution in [0, 0.1) is 0 Å². The third kappa shape index (κ3) is 7.74. The number of amides is 2. The summed E-state index contributed by atoms with van der Waals surface area (Å²) in [4.78, 5) is 24.9. The first kappa shape index (κ1) is 28.0. The quantitative estimate of drug-likeness (QED) is 0.247. The molecule has 0 bridgehead atoms. The van der Waals surface area contributed by atoms with Gasteiger partial charge in [0.05, 0.1) is 29.2 Å². The molecule has 2 N–H and O–H groups in total. The summed E-state index contributed by atoms with van der Waals surface area (Å²) in [5.41, 5.74) is -0.713. The van der Waals surface area contributed by atoms with Crippen LogP contribution in [0.4, 0.5) is 18.9 Å². The summed E-state index contributed by atoms with van der Waals surface area (Å²) in [6.07, 6.45) is -4.62. The van der Waals surface area contributed by atoms with Crippen LogP contribution in [0.5, 0.6) is 5.75 Å². The van der Waals surface area contributed by atoms with Crippen molar-refractivity contribution in [2.45, 2.75) is 17.9 Å². The molecule has 0 saturated carbocycles. The van der Waals surface area contributed by atoms with Gasteiger partial charge in [-0.15, -0.1) is 10.2 Å². The van der Waals surface area contributed by atoms with Crippen molar-refractivity contribution in [3.05, 3.63) is 95.3 Å².